The van der Waals surface area contributed by atoms with E-state index in [1.807, 2.05) is 6.92 Å². The lowest BCUT2D eigenvalue weighted by Gasteiger charge is -2.16. The molecule has 18 heavy (non-hydrogen) atoms. The summed E-state index contributed by atoms with van der Waals surface area (Å²) in [6.45, 7) is 1.83. The summed E-state index contributed by atoms with van der Waals surface area (Å²) < 4.78 is 28.2. The summed E-state index contributed by atoms with van der Waals surface area (Å²) in [4.78, 5) is 0.188. The number of halogens is 2. The second kappa shape index (κ2) is 7.00. The Morgan fingerprint density at radius 3 is 2.61 bits per heavy atom. The molecule has 1 unspecified atom stereocenters. The van der Waals surface area contributed by atoms with Gasteiger partial charge >= 0.3 is 0 Å². The second-order valence-electron chi connectivity index (χ2n) is 3.81. The normalized spacial score (nSPS) is 13.6. The van der Waals surface area contributed by atoms with Gasteiger partial charge in [-0.1, -0.05) is 22.9 Å². The monoisotopic (exact) mass is 399 g/mol. The fourth-order valence-electron chi connectivity index (χ4n) is 1.47. The smallest absolute Gasteiger partial charge is 0.241 e. The molecule has 7 heteroatoms. The first-order valence-electron chi connectivity index (χ1n) is 5.49. The van der Waals surface area contributed by atoms with Gasteiger partial charge < -0.3 is 5.11 Å². The SMILES string of the molecule is CCC(CCO)NS(=O)(=O)c1cc(Br)ccc1Br. The van der Waals surface area contributed by atoms with Gasteiger partial charge in [0.2, 0.25) is 10.0 Å². The molecule has 0 aromatic heterocycles. The van der Waals surface area contributed by atoms with Gasteiger partial charge in [-0.15, -0.1) is 0 Å². The highest BCUT2D eigenvalue weighted by Gasteiger charge is 2.21. The van der Waals surface area contributed by atoms with Crippen LogP contribution in [0.4, 0.5) is 0 Å². The van der Waals surface area contributed by atoms with Crippen molar-refractivity contribution >= 4 is 41.9 Å². The summed E-state index contributed by atoms with van der Waals surface area (Å²) >= 11 is 6.48. The van der Waals surface area contributed by atoms with E-state index in [-0.39, 0.29) is 17.5 Å². The lowest BCUT2D eigenvalue weighted by molar-refractivity contribution is 0.270. The Morgan fingerprint density at radius 2 is 2.06 bits per heavy atom. The highest BCUT2D eigenvalue weighted by molar-refractivity contribution is 9.11. The summed E-state index contributed by atoms with van der Waals surface area (Å²) in [6.07, 6.45) is 1.03. The van der Waals surface area contributed by atoms with E-state index < -0.39 is 10.0 Å². The Hall–Kier alpha value is 0.0500. The van der Waals surface area contributed by atoms with Gasteiger partial charge in [-0.25, -0.2) is 13.1 Å². The molecule has 0 saturated carbocycles. The Morgan fingerprint density at radius 1 is 1.39 bits per heavy atom. The molecule has 1 aromatic carbocycles. The average Bonchev–Trinajstić information content (AvgIpc) is 2.31. The molecule has 0 aliphatic carbocycles. The number of hydrogen-bond acceptors (Lipinski definition) is 3. The highest BCUT2D eigenvalue weighted by Crippen LogP contribution is 2.26. The molecule has 0 aliphatic rings. The standard InChI is InChI=1S/C11H15Br2NO3S/c1-2-9(5-6-15)14-18(16,17)11-7-8(12)3-4-10(11)13/h3-4,7,9,14-15H,2,5-6H2,1H3. The van der Waals surface area contributed by atoms with Crippen LogP contribution in [0.2, 0.25) is 0 Å². The molecule has 4 nitrogen and oxygen atoms in total. The maximum absolute atomic E-state index is 12.2. The van der Waals surface area contributed by atoms with Crippen molar-refractivity contribution < 1.29 is 13.5 Å². The van der Waals surface area contributed by atoms with Crippen LogP contribution in [0.3, 0.4) is 0 Å². The Balaban J connectivity index is 3.02. The molecular weight excluding hydrogens is 386 g/mol. The summed E-state index contributed by atoms with van der Waals surface area (Å²) in [7, 11) is -3.58. The molecule has 2 N–H and O–H groups in total. The van der Waals surface area contributed by atoms with Crippen LogP contribution in [0, 0.1) is 0 Å². The number of aliphatic hydroxyl groups excluding tert-OH is 1. The van der Waals surface area contributed by atoms with Crippen molar-refractivity contribution in [3.63, 3.8) is 0 Å². The summed E-state index contributed by atoms with van der Waals surface area (Å²) in [5, 5.41) is 8.88. The van der Waals surface area contributed by atoms with Crippen molar-refractivity contribution in [3.8, 4) is 0 Å². The number of sulfonamides is 1. The van der Waals surface area contributed by atoms with Crippen molar-refractivity contribution in [1.29, 1.82) is 0 Å². The minimum Gasteiger partial charge on any atom is -0.396 e. The van der Waals surface area contributed by atoms with E-state index in [1.54, 1.807) is 12.1 Å². The number of rotatable bonds is 6. The van der Waals surface area contributed by atoms with Gasteiger partial charge in [0, 0.05) is 21.6 Å². The Kier molecular flexibility index (Phi) is 6.26. The summed E-state index contributed by atoms with van der Waals surface area (Å²) in [5.74, 6) is 0. The van der Waals surface area contributed by atoms with Crippen molar-refractivity contribution in [1.82, 2.24) is 4.72 Å². The van der Waals surface area contributed by atoms with Gasteiger partial charge in [0.25, 0.3) is 0 Å². The van der Waals surface area contributed by atoms with E-state index in [0.29, 0.717) is 21.8 Å². The summed E-state index contributed by atoms with van der Waals surface area (Å²) in [5.41, 5.74) is 0. The van der Waals surface area contributed by atoms with E-state index >= 15 is 0 Å². The third-order valence-corrected chi connectivity index (χ3v) is 5.48. The predicted octanol–water partition coefficient (Wildman–Crippen LogP) is 2.65. The lowest BCUT2D eigenvalue weighted by atomic mass is 10.2. The average molecular weight is 401 g/mol. The van der Waals surface area contributed by atoms with Crippen molar-refractivity contribution in [3.05, 3.63) is 27.1 Å². The molecule has 0 amide bonds. The zero-order valence-corrected chi connectivity index (χ0v) is 13.8. The number of aliphatic hydroxyl groups is 1. The van der Waals surface area contributed by atoms with Crippen LogP contribution in [0.15, 0.2) is 32.0 Å². The fourth-order valence-corrected chi connectivity index (χ4v) is 4.32. The molecule has 1 rings (SSSR count). The first-order chi connectivity index (χ1) is 8.40. The molecule has 0 heterocycles. The summed E-state index contributed by atoms with van der Waals surface area (Å²) in [6, 6.07) is 4.71. The third-order valence-electron chi connectivity index (χ3n) is 2.47. The minimum atomic E-state index is -3.58. The molecule has 0 spiro atoms. The topological polar surface area (TPSA) is 66.4 Å². The quantitative estimate of drug-likeness (QED) is 0.771. The lowest BCUT2D eigenvalue weighted by Crippen LogP contribution is -2.35. The molecule has 0 radical (unpaired) electrons. The molecule has 102 valence electrons. The van der Waals surface area contributed by atoms with Crippen molar-refractivity contribution in [2.45, 2.75) is 30.7 Å². The maximum atomic E-state index is 12.2. The van der Waals surface area contributed by atoms with Crippen molar-refractivity contribution in [2.75, 3.05) is 6.61 Å². The van der Waals surface area contributed by atoms with E-state index in [2.05, 4.69) is 36.6 Å². The first kappa shape index (κ1) is 16.1. The molecular formula is C11H15Br2NO3S. The molecule has 0 saturated heterocycles. The van der Waals surface area contributed by atoms with E-state index in [1.165, 1.54) is 6.07 Å². The minimum absolute atomic E-state index is 0.0410. The van der Waals surface area contributed by atoms with Crippen LogP contribution in [0.5, 0.6) is 0 Å². The van der Waals surface area contributed by atoms with Gasteiger partial charge in [0.05, 0.1) is 4.90 Å². The number of benzene rings is 1. The zero-order valence-electron chi connectivity index (χ0n) is 9.86. The van der Waals surface area contributed by atoms with Crippen LogP contribution < -0.4 is 4.72 Å². The Bertz CT molecular complexity index is 505. The van der Waals surface area contributed by atoms with Gasteiger partial charge in [0.15, 0.2) is 0 Å². The molecule has 1 atom stereocenters. The van der Waals surface area contributed by atoms with Crippen LogP contribution in [-0.4, -0.2) is 26.2 Å². The third kappa shape index (κ3) is 4.31. The highest BCUT2D eigenvalue weighted by atomic mass is 79.9. The van der Waals surface area contributed by atoms with Gasteiger partial charge in [-0.2, -0.15) is 0 Å². The molecule has 0 fully saturated rings. The molecule has 1 aromatic rings. The maximum Gasteiger partial charge on any atom is 0.241 e. The van der Waals surface area contributed by atoms with Gasteiger partial charge in [-0.3, -0.25) is 0 Å². The van der Waals surface area contributed by atoms with Crippen LogP contribution in [0.1, 0.15) is 19.8 Å². The second-order valence-corrected chi connectivity index (χ2v) is 7.27. The van der Waals surface area contributed by atoms with E-state index in [4.69, 9.17) is 5.11 Å². The number of nitrogens with one attached hydrogen (secondary N) is 1. The molecule has 0 aliphatic heterocycles. The molecule has 0 bridgehead atoms. The fraction of sp³-hybridized carbons (Fsp3) is 0.455. The van der Waals surface area contributed by atoms with Crippen LogP contribution in [-0.2, 0) is 10.0 Å². The predicted molar refractivity (Wildman–Crippen MR) is 77.9 cm³/mol. The van der Waals surface area contributed by atoms with E-state index in [9.17, 15) is 8.42 Å². The van der Waals surface area contributed by atoms with Crippen LogP contribution in [0.25, 0.3) is 0 Å². The van der Waals surface area contributed by atoms with Gasteiger partial charge in [-0.05, 0) is 47.0 Å². The van der Waals surface area contributed by atoms with Crippen molar-refractivity contribution in [2.24, 2.45) is 0 Å². The van der Waals surface area contributed by atoms with Crippen LogP contribution >= 0.6 is 31.9 Å². The number of hydrogen-bond donors (Lipinski definition) is 2. The van der Waals surface area contributed by atoms with Gasteiger partial charge in [0.1, 0.15) is 0 Å². The zero-order chi connectivity index (χ0) is 13.8. The first-order valence-corrected chi connectivity index (χ1v) is 8.56. The Labute approximate surface area is 124 Å². The largest absolute Gasteiger partial charge is 0.396 e. The van der Waals surface area contributed by atoms with E-state index in [0.717, 1.165) is 0 Å².